The Labute approximate surface area is 60.8 Å². The highest BCUT2D eigenvalue weighted by Crippen LogP contribution is 1.83. The second-order valence-corrected chi connectivity index (χ2v) is 2.73. The third-order valence-electron chi connectivity index (χ3n) is 0. The van der Waals surface area contributed by atoms with Gasteiger partial charge in [0.05, 0.1) is 4.24 Å². The van der Waals surface area contributed by atoms with Gasteiger partial charge in [-0.2, -0.15) is 0 Å². The van der Waals surface area contributed by atoms with Crippen molar-refractivity contribution in [1.82, 2.24) is 0 Å². The lowest BCUT2D eigenvalue weighted by Gasteiger charge is -1.43. The predicted octanol–water partition coefficient (Wildman–Crippen LogP) is 2.58. The Balaban J connectivity index is -0.0000000200. The van der Waals surface area contributed by atoms with Gasteiger partial charge in [-0.05, 0) is 0 Å². The van der Waals surface area contributed by atoms with Crippen LogP contribution in [-0.2, 0) is 0 Å². The average molecular weight is 247 g/mol. The standard InChI is InChI=1S/CH2Br2.2ClH/c2-1-3;;/h1H2;2*1H. The highest BCUT2D eigenvalue weighted by atomic mass is 79.9. The van der Waals surface area contributed by atoms with Crippen molar-refractivity contribution in [3.8, 4) is 0 Å². The summed E-state index contributed by atoms with van der Waals surface area (Å²) in [5, 5.41) is 0. The first-order valence-electron chi connectivity index (χ1n) is 0.535. The van der Waals surface area contributed by atoms with Crippen LogP contribution in [0.4, 0.5) is 0 Å². The molecule has 0 bridgehead atoms. The number of alkyl halides is 2. The van der Waals surface area contributed by atoms with E-state index >= 15 is 0 Å². The van der Waals surface area contributed by atoms with E-state index in [0.717, 1.165) is 4.24 Å². The van der Waals surface area contributed by atoms with Crippen molar-refractivity contribution >= 4 is 56.7 Å². The average Bonchev–Trinajstić information content (AvgIpc) is 0.918. The van der Waals surface area contributed by atoms with Gasteiger partial charge in [-0.1, -0.05) is 31.9 Å². The fourth-order valence-corrected chi connectivity index (χ4v) is 0. The van der Waals surface area contributed by atoms with Crippen LogP contribution in [-0.4, -0.2) is 4.24 Å². The fraction of sp³-hybridized carbons (Fsp3) is 1.00. The van der Waals surface area contributed by atoms with Crippen molar-refractivity contribution in [2.45, 2.75) is 0 Å². The lowest BCUT2D eigenvalue weighted by atomic mass is 12.0. The van der Waals surface area contributed by atoms with E-state index in [4.69, 9.17) is 0 Å². The monoisotopic (exact) mass is 244 g/mol. The summed E-state index contributed by atoms with van der Waals surface area (Å²) in [6, 6.07) is 0. The van der Waals surface area contributed by atoms with Gasteiger partial charge in [0.1, 0.15) is 0 Å². The normalized spacial score (nSPS) is 3.60. The van der Waals surface area contributed by atoms with Crippen molar-refractivity contribution in [3.63, 3.8) is 0 Å². The topological polar surface area (TPSA) is 0 Å². The number of halogens is 4. The van der Waals surface area contributed by atoms with Gasteiger partial charge in [0.25, 0.3) is 0 Å². The number of rotatable bonds is 0. The molecule has 0 aliphatic heterocycles. The Hall–Kier alpha value is 1.54. The van der Waals surface area contributed by atoms with Gasteiger partial charge in [0, 0.05) is 0 Å². The molecule has 5 heavy (non-hydrogen) atoms. The molecule has 0 fully saturated rings. The van der Waals surface area contributed by atoms with Crippen LogP contribution in [0.2, 0.25) is 0 Å². The van der Waals surface area contributed by atoms with E-state index in [0.29, 0.717) is 0 Å². The molecule has 0 aliphatic rings. The Kier molecular flexibility index (Phi) is 56.7. The minimum absolute atomic E-state index is 0. The third-order valence-corrected chi connectivity index (χ3v) is 0. The third kappa shape index (κ3) is 29.3. The van der Waals surface area contributed by atoms with E-state index in [1.807, 2.05) is 0 Å². The van der Waals surface area contributed by atoms with Crippen molar-refractivity contribution in [2.75, 3.05) is 4.24 Å². The lowest BCUT2D eigenvalue weighted by molar-refractivity contribution is 2.44. The summed E-state index contributed by atoms with van der Waals surface area (Å²) in [7, 11) is 0. The molecule has 0 atom stereocenters. The first-order valence-corrected chi connectivity index (χ1v) is 2.78. The maximum absolute atomic E-state index is 3.06. The van der Waals surface area contributed by atoms with E-state index in [1.54, 1.807) is 0 Å². The first-order chi connectivity index (χ1) is 1.41. The Morgan fingerprint density at radius 3 is 1.00 bits per heavy atom. The smallest absolute Gasteiger partial charge is 0.0588 e. The molecular weight excluding hydrogens is 243 g/mol. The highest BCUT2D eigenvalue weighted by Gasteiger charge is 1.41. The molecule has 0 unspecified atom stereocenters. The molecule has 0 heterocycles. The summed E-state index contributed by atoms with van der Waals surface area (Å²) in [5.74, 6) is 0. The van der Waals surface area contributed by atoms with Crippen molar-refractivity contribution < 1.29 is 0 Å². The van der Waals surface area contributed by atoms with Crippen LogP contribution in [0.15, 0.2) is 0 Å². The molecule has 0 N–H and O–H groups in total. The van der Waals surface area contributed by atoms with Gasteiger partial charge in [-0.25, -0.2) is 0 Å². The quantitative estimate of drug-likeness (QED) is 0.577. The molecule has 0 radical (unpaired) electrons. The van der Waals surface area contributed by atoms with Crippen molar-refractivity contribution in [2.24, 2.45) is 0 Å². The van der Waals surface area contributed by atoms with Crippen LogP contribution in [0.1, 0.15) is 0 Å². The van der Waals surface area contributed by atoms with E-state index in [1.165, 1.54) is 0 Å². The SMILES string of the molecule is BrCBr.Cl.Cl. The Morgan fingerprint density at radius 2 is 1.00 bits per heavy atom. The molecule has 0 rings (SSSR count). The van der Waals surface area contributed by atoms with Crippen LogP contribution in [0, 0.1) is 0 Å². The zero-order chi connectivity index (χ0) is 2.71. The zero-order valence-corrected chi connectivity index (χ0v) is 7.08. The van der Waals surface area contributed by atoms with Crippen LogP contribution in [0.3, 0.4) is 0 Å². The summed E-state index contributed by atoms with van der Waals surface area (Å²) >= 11 is 6.12. The van der Waals surface area contributed by atoms with E-state index in [-0.39, 0.29) is 24.8 Å². The minimum Gasteiger partial charge on any atom is -0.147 e. The van der Waals surface area contributed by atoms with Crippen LogP contribution >= 0.6 is 56.7 Å². The summed E-state index contributed by atoms with van der Waals surface area (Å²) in [6.45, 7) is 0. The summed E-state index contributed by atoms with van der Waals surface area (Å²) < 4.78 is 0.875. The second kappa shape index (κ2) is 17.7. The molecule has 0 amide bonds. The zero-order valence-electron chi connectivity index (χ0n) is 2.28. The maximum atomic E-state index is 3.06. The van der Waals surface area contributed by atoms with Crippen LogP contribution in [0.5, 0.6) is 0 Å². The van der Waals surface area contributed by atoms with Crippen LogP contribution < -0.4 is 0 Å². The number of hydrogen-bond donors (Lipinski definition) is 0. The first kappa shape index (κ1) is 16.0. The van der Waals surface area contributed by atoms with Gasteiger partial charge < -0.3 is 0 Å². The van der Waals surface area contributed by atoms with Gasteiger partial charge >= 0.3 is 0 Å². The molecule has 0 saturated carbocycles. The number of hydrogen-bond acceptors (Lipinski definition) is 0. The molecule has 36 valence electrons. The van der Waals surface area contributed by atoms with Gasteiger partial charge in [0.2, 0.25) is 0 Å². The fourth-order valence-electron chi connectivity index (χ4n) is 0. The highest BCUT2D eigenvalue weighted by molar-refractivity contribution is 9.24. The minimum atomic E-state index is 0. The molecule has 0 aromatic heterocycles. The molecule has 0 spiro atoms. The summed E-state index contributed by atoms with van der Waals surface area (Å²) in [4.78, 5) is 0. The molecule has 0 aliphatic carbocycles. The largest absolute Gasteiger partial charge is 0.147 e. The van der Waals surface area contributed by atoms with Crippen LogP contribution in [0.25, 0.3) is 0 Å². The molecular formula is CH4Br2Cl2. The maximum Gasteiger partial charge on any atom is 0.0588 e. The molecule has 0 aromatic rings. The molecule has 0 aromatic carbocycles. The summed E-state index contributed by atoms with van der Waals surface area (Å²) in [5.41, 5.74) is 0. The molecule has 0 nitrogen and oxygen atoms in total. The van der Waals surface area contributed by atoms with Crippen molar-refractivity contribution in [3.05, 3.63) is 0 Å². The van der Waals surface area contributed by atoms with E-state index < -0.39 is 0 Å². The Bertz CT molecular complexity index is 7.61. The van der Waals surface area contributed by atoms with Gasteiger partial charge in [-0.15, -0.1) is 24.8 Å². The summed E-state index contributed by atoms with van der Waals surface area (Å²) in [6.07, 6.45) is 0. The van der Waals surface area contributed by atoms with Gasteiger partial charge in [-0.3, -0.25) is 0 Å². The predicted molar refractivity (Wildman–Crippen MR) is 37.2 cm³/mol. The van der Waals surface area contributed by atoms with E-state index in [9.17, 15) is 0 Å². The Morgan fingerprint density at radius 1 is 1.00 bits per heavy atom. The molecule has 0 saturated heterocycles. The van der Waals surface area contributed by atoms with E-state index in [2.05, 4.69) is 31.9 Å². The lowest BCUT2D eigenvalue weighted by Crippen LogP contribution is -1.19. The van der Waals surface area contributed by atoms with Crippen molar-refractivity contribution in [1.29, 1.82) is 0 Å². The second-order valence-electron chi connectivity index (χ2n) is 0.101. The molecule has 4 heteroatoms. The van der Waals surface area contributed by atoms with Gasteiger partial charge in [0.15, 0.2) is 0 Å².